The molecular weight excluding hydrogens is 427 g/mol. The SMILES string of the molecule is CN=C(NCc1csc(C(C)C)n1)N1CCSC(C)(C)C1.I. The molecule has 22 heavy (non-hydrogen) atoms. The van der Waals surface area contributed by atoms with E-state index in [9.17, 15) is 0 Å². The summed E-state index contributed by atoms with van der Waals surface area (Å²) in [6.07, 6.45) is 0. The predicted molar refractivity (Wildman–Crippen MR) is 110 cm³/mol. The molecular formula is C15H27IN4S2. The molecule has 0 bridgehead atoms. The van der Waals surface area contributed by atoms with Gasteiger partial charge in [-0.3, -0.25) is 4.99 Å². The number of aliphatic imine (C=N–C) groups is 1. The minimum absolute atomic E-state index is 0. The topological polar surface area (TPSA) is 40.5 Å². The molecule has 0 saturated carbocycles. The van der Waals surface area contributed by atoms with Crippen LogP contribution < -0.4 is 5.32 Å². The highest BCUT2D eigenvalue weighted by Gasteiger charge is 2.28. The Balaban J connectivity index is 0.00000242. The Bertz CT molecular complexity index is 499. The average molecular weight is 454 g/mol. The minimum Gasteiger partial charge on any atom is -0.351 e. The molecule has 0 amide bonds. The van der Waals surface area contributed by atoms with Gasteiger partial charge in [-0.05, 0) is 13.8 Å². The third-order valence-electron chi connectivity index (χ3n) is 3.43. The molecule has 2 rings (SSSR count). The molecule has 1 fully saturated rings. The van der Waals surface area contributed by atoms with Crippen LogP contribution in [0.4, 0.5) is 0 Å². The van der Waals surface area contributed by atoms with E-state index in [2.05, 4.69) is 53.3 Å². The van der Waals surface area contributed by atoms with Gasteiger partial charge in [0.15, 0.2) is 5.96 Å². The van der Waals surface area contributed by atoms with Crippen molar-refractivity contribution in [1.29, 1.82) is 0 Å². The lowest BCUT2D eigenvalue weighted by Gasteiger charge is -2.39. The number of nitrogens with one attached hydrogen (secondary N) is 1. The van der Waals surface area contributed by atoms with Crippen molar-refractivity contribution >= 4 is 53.0 Å². The zero-order valence-corrected chi connectivity index (χ0v) is 18.0. The van der Waals surface area contributed by atoms with Crippen molar-refractivity contribution in [3.05, 3.63) is 16.1 Å². The van der Waals surface area contributed by atoms with Gasteiger partial charge in [0.1, 0.15) is 0 Å². The lowest BCUT2D eigenvalue weighted by Crippen LogP contribution is -2.50. The number of hydrogen-bond acceptors (Lipinski definition) is 4. The highest BCUT2D eigenvalue weighted by Crippen LogP contribution is 2.29. The fourth-order valence-corrected chi connectivity index (χ4v) is 4.31. The van der Waals surface area contributed by atoms with Gasteiger partial charge in [-0.1, -0.05) is 13.8 Å². The number of rotatable bonds is 3. The fourth-order valence-electron chi connectivity index (χ4n) is 2.37. The molecule has 4 nitrogen and oxygen atoms in total. The second kappa shape index (κ2) is 8.73. The first-order valence-corrected chi connectivity index (χ1v) is 9.31. The van der Waals surface area contributed by atoms with Crippen molar-refractivity contribution in [2.45, 2.75) is 44.9 Å². The summed E-state index contributed by atoms with van der Waals surface area (Å²) >= 11 is 3.78. The summed E-state index contributed by atoms with van der Waals surface area (Å²) in [5.41, 5.74) is 1.11. The molecule has 1 saturated heterocycles. The van der Waals surface area contributed by atoms with Crippen molar-refractivity contribution in [1.82, 2.24) is 15.2 Å². The first kappa shape index (κ1) is 20.0. The third kappa shape index (κ3) is 5.56. The Hall–Kier alpha value is -0.0200. The van der Waals surface area contributed by atoms with E-state index in [0.717, 1.165) is 37.0 Å². The van der Waals surface area contributed by atoms with Crippen LogP contribution in [0.5, 0.6) is 0 Å². The van der Waals surface area contributed by atoms with Crippen LogP contribution in [-0.2, 0) is 6.54 Å². The largest absolute Gasteiger partial charge is 0.351 e. The number of nitrogens with zero attached hydrogens (tertiary/aromatic N) is 3. The summed E-state index contributed by atoms with van der Waals surface area (Å²) < 4.78 is 0.293. The van der Waals surface area contributed by atoms with Gasteiger partial charge in [-0.15, -0.1) is 35.3 Å². The maximum Gasteiger partial charge on any atom is 0.194 e. The maximum absolute atomic E-state index is 4.67. The highest BCUT2D eigenvalue weighted by molar-refractivity contribution is 14.0. The highest BCUT2D eigenvalue weighted by atomic mass is 127. The van der Waals surface area contributed by atoms with Crippen molar-refractivity contribution in [3.8, 4) is 0 Å². The molecule has 0 spiro atoms. The summed E-state index contributed by atoms with van der Waals surface area (Å²) in [7, 11) is 1.86. The minimum atomic E-state index is 0. The van der Waals surface area contributed by atoms with Crippen LogP contribution in [0.25, 0.3) is 0 Å². The van der Waals surface area contributed by atoms with Crippen molar-refractivity contribution < 1.29 is 0 Å². The van der Waals surface area contributed by atoms with E-state index in [0.29, 0.717) is 10.7 Å². The van der Waals surface area contributed by atoms with Gasteiger partial charge in [0.05, 0.1) is 17.2 Å². The fraction of sp³-hybridized carbons (Fsp3) is 0.733. The number of hydrogen-bond donors (Lipinski definition) is 1. The van der Waals surface area contributed by atoms with E-state index in [1.165, 1.54) is 5.01 Å². The summed E-state index contributed by atoms with van der Waals surface area (Å²) in [6.45, 7) is 11.8. The molecule has 2 heterocycles. The number of aromatic nitrogens is 1. The van der Waals surface area contributed by atoms with Crippen LogP contribution in [0.1, 0.15) is 44.3 Å². The van der Waals surface area contributed by atoms with E-state index in [1.54, 1.807) is 11.3 Å². The first-order valence-electron chi connectivity index (χ1n) is 7.45. The number of guanidine groups is 1. The van der Waals surface area contributed by atoms with E-state index in [-0.39, 0.29) is 24.0 Å². The molecule has 1 aliphatic rings. The van der Waals surface area contributed by atoms with Gasteiger partial charge in [-0.2, -0.15) is 11.8 Å². The number of halogens is 1. The van der Waals surface area contributed by atoms with E-state index in [4.69, 9.17) is 0 Å². The van der Waals surface area contributed by atoms with Gasteiger partial charge < -0.3 is 10.2 Å². The molecule has 0 aromatic carbocycles. The molecule has 1 N–H and O–H groups in total. The molecule has 126 valence electrons. The van der Waals surface area contributed by atoms with Crippen LogP contribution in [0.15, 0.2) is 10.4 Å². The molecule has 0 unspecified atom stereocenters. The standard InChI is InChI=1S/C15H26N4S2.HI/c1-11(2)13-18-12(9-20-13)8-17-14(16-5)19-6-7-21-15(3,4)10-19;/h9,11H,6-8,10H2,1-5H3,(H,16,17);1H. The molecule has 0 radical (unpaired) electrons. The Labute approximate surface area is 159 Å². The van der Waals surface area contributed by atoms with Gasteiger partial charge in [0, 0.05) is 41.9 Å². The van der Waals surface area contributed by atoms with E-state index >= 15 is 0 Å². The molecule has 1 aromatic heterocycles. The summed E-state index contributed by atoms with van der Waals surface area (Å²) in [4.78, 5) is 11.5. The van der Waals surface area contributed by atoms with Crippen LogP contribution in [-0.4, -0.2) is 46.5 Å². The number of thiazole rings is 1. The third-order valence-corrected chi connectivity index (χ3v) is 5.92. The van der Waals surface area contributed by atoms with Crippen LogP contribution in [0.3, 0.4) is 0 Å². The Kier molecular flexibility index (Phi) is 7.94. The Morgan fingerprint density at radius 2 is 2.23 bits per heavy atom. The lowest BCUT2D eigenvalue weighted by atomic mass is 10.2. The van der Waals surface area contributed by atoms with E-state index < -0.39 is 0 Å². The van der Waals surface area contributed by atoms with Crippen LogP contribution >= 0.6 is 47.1 Å². The molecule has 7 heteroatoms. The van der Waals surface area contributed by atoms with Gasteiger partial charge in [0.2, 0.25) is 0 Å². The zero-order valence-electron chi connectivity index (χ0n) is 14.0. The maximum atomic E-state index is 4.67. The second-order valence-electron chi connectivity index (χ2n) is 6.26. The monoisotopic (exact) mass is 454 g/mol. The molecule has 1 aromatic rings. The quantitative estimate of drug-likeness (QED) is 0.429. The number of thioether (sulfide) groups is 1. The summed E-state index contributed by atoms with van der Waals surface area (Å²) in [6, 6.07) is 0. The van der Waals surface area contributed by atoms with Crippen LogP contribution in [0, 0.1) is 0 Å². The van der Waals surface area contributed by atoms with Gasteiger partial charge >= 0.3 is 0 Å². The summed E-state index contributed by atoms with van der Waals surface area (Å²) in [5.74, 6) is 2.65. The average Bonchev–Trinajstić information content (AvgIpc) is 2.87. The van der Waals surface area contributed by atoms with Gasteiger partial charge in [0.25, 0.3) is 0 Å². The van der Waals surface area contributed by atoms with E-state index in [1.807, 2.05) is 18.8 Å². The van der Waals surface area contributed by atoms with Crippen molar-refractivity contribution in [2.24, 2.45) is 4.99 Å². The molecule has 0 aliphatic carbocycles. The second-order valence-corrected chi connectivity index (χ2v) is 8.95. The van der Waals surface area contributed by atoms with Gasteiger partial charge in [-0.25, -0.2) is 4.98 Å². The van der Waals surface area contributed by atoms with Crippen LogP contribution in [0.2, 0.25) is 0 Å². The van der Waals surface area contributed by atoms with Crippen molar-refractivity contribution in [2.75, 3.05) is 25.9 Å². The normalized spacial score (nSPS) is 18.3. The Morgan fingerprint density at radius 3 is 2.77 bits per heavy atom. The summed E-state index contributed by atoms with van der Waals surface area (Å²) in [5, 5.41) is 6.81. The molecule has 1 aliphatic heterocycles. The lowest BCUT2D eigenvalue weighted by molar-refractivity contribution is 0.375. The first-order chi connectivity index (χ1) is 9.91. The van der Waals surface area contributed by atoms with Crippen molar-refractivity contribution in [3.63, 3.8) is 0 Å². The predicted octanol–water partition coefficient (Wildman–Crippen LogP) is 3.79. The Morgan fingerprint density at radius 1 is 1.50 bits per heavy atom. The zero-order chi connectivity index (χ0) is 15.5. The molecule has 0 atom stereocenters. The smallest absolute Gasteiger partial charge is 0.194 e.